The zero-order valence-corrected chi connectivity index (χ0v) is 10.5. The van der Waals surface area contributed by atoms with Crippen LogP contribution in [0.4, 0.5) is 17.5 Å². The summed E-state index contributed by atoms with van der Waals surface area (Å²) in [6.07, 6.45) is 3.97. The Hall–Kier alpha value is -2.00. The fraction of sp³-hybridized carbons (Fsp3) is 0.600. The molecule has 2 unspecified atom stereocenters. The average molecular weight is 268 g/mol. The Balaban J connectivity index is 2.24. The normalized spacial score (nSPS) is 22.2. The molecule has 0 aromatic carbocycles. The molecule has 0 bridgehead atoms. The molecule has 1 aliphatic rings. The lowest BCUT2D eigenvalue weighted by Crippen LogP contribution is -2.30. The van der Waals surface area contributed by atoms with Crippen LogP contribution in [0.2, 0.25) is 0 Å². The molecule has 2 rings (SSSR count). The van der Waals surface area contributed by atoms with Gasteiger partial charge in [-0.05, 0) is 19.3 Å². The van der Waals surface area contributed by atoms with Crippen molar-refractivity contribution in [3.8, 4) is 0 Å². The van der Waals surface area contributed by atoms with Gasteiger partial charge in [0.1, 0.15) is 6.20 Å². The minimum Gasteiger partial charge on any atom is -0.379 e. The maximum atomic E-state index is 10.9. The second-order valence-corrected chi connectivity index (χ2v) is 4.28. The fourth-order valence-electron chi connectivity index (χ4n) is 2.23. The Bertz CT molecular complexity index is 469. The number of nitro groups is 1. The monoisotopic (exact) mass is 268 g/mol. The molecule has 19 heavy (non-hydrogen) atoms. The van der Waals surface area contributed by atoms with E-state index in [1.807, 2.05) is 0 Å². The Morgan fingerprint density at radius 1 is 1.58 bits per heavy atom. The third kappa shape index (κ3) is 2.88. The lowest BCUT2D eigenvalue weighted by molar-refractivity contribution is -0.384. The van der Waals surface area contributed by atoms with Crippen LogP contribution >= 0.6 is 0 Å². The Morgan fingerprint density at radius 3 is 3.00 bits per heavy atom. The summed E-state index contributed by atoms with van der Waals surface area (Å²) in [5, 5.41) is 14.0. The summed E-state index contributed by atoms with van der Waals surface area (Å²) in [6, 6.07) is 0.00391. The molecule has 9 heteroatoms. The standard InChI is InChI=1S/C10H16N6O3/c1-19-8-4-2-3-6(8)13-9-7(16(17)18)5-12-10(14-9)15-11/h5-6,8H,2-4,11H2,1H3,(H2,12,13,14,15). The van der Waals surface area contributed by atoms with Gasteiger partial charge in [-0.3, -0.25) is 15.5 Å². The number of nitrogens with one attached hydrogen (secondary N) is 2. The summed E-state index contributed by atoms with van der Waals surface area (Å²) >= 11 is 0. The molecule has 0 spiro atoms. The van der Waals surface area contributed by atoms with Crippen LogP contribution < -0.4 is 16.6 Å². The van der Waals surface area contributed by atoms with Crippen LogP contribution in [0.1, 0.15) is 19.3 Å². The summed E-state index contributed by atoms with van der Waals surface area (Å²) in [4.78, 5) is 18.1. The third-order valence-electron chi connectivity index (χ3n) is 3.17. The number of ether oxygens (including phenoxy) is 1. The van der Waals surface area contributed by atoms with Gasteiger partial charge in [0, 0.05) is 7.11 Å². The molecule has 0 saturated heterocycles. The predicted molar refractivity (Wildman–Crippen MR) is 68.6 cm³/mol. The highest BCUT2D eigenvalue weighted by Crippen LogP contribution is 2.28. The van der Waals surface area contributed by atoms with Gasteiger partial charge in [-0.25, -0.2) is 10.8 Å². The maximum absolute atomic E-state index is 10.9. The minimum atomic E-state index is -0.528. The first kappa shape index (κ1) is 13.4. The Kier molecular flexibility index (Phi) is 4.07. The number of nitrogens with zero attached hydrogens (tertiary/aromatic N) is 3. The summed E-state index contributed by atoms with van der Waals surface area (Å²) in [5.74, 6) is 5.49. The van der Waals surface area contributed by atoms with Gasteiger partial charge in [-0.15, -0.1) is 0 Å². The second-order valence-electron chi connectivity index (χ2n) is 4.28. The predicted octanol–water partition coefficient (Wildman–Crippen LogP) is 0.650. The number of nitrogens with two attached hydrogens (primary N) is 1. The van der Waals surface area contributed by atoms with Crippen LogP contribution in [0.5, 0.6) is 0 Å². The van der Waals surface area contributed by atoms with Gasteiger partial charge >= 0.3 is 5.69 Å². The smallest absolute Gasteiger partial charge is 0.329 e. The van der Waals surface area contributed by atoms with Crippen LogP contribution in [0, 0.1) is 10.1 Å². The van der Waals surface area contributed by atoms with Crippen molar-refractivity contribution in [1.29, 1.82) is 0 Å². The number of nitrogen functional groups attached to an aromatic ring is 1. The lowest BCUT2D eigenvalue weighted by atomic mass is 10.2. The number of aromatic nitrogens is 2. The van der Waals surface area contributed by atoms with Gasteiger partial charge in [-0.1, -0.05) is 0 Å². The van der Waals surface area contributed by atoms with Crippen molar-refractivity contribution in [3.05, 3.63) is 16.3 Å². The van der Waals surface area contributed by atoms with E-state index in [0.717, 1.165) is 25.5 Å². The van der Waals surface area contributed by atoms with E-state index >= 15 is 0 Å². The van der Waals surface area contributed by atoms with Crippen LogP contribution in [0.25, 0.3) is 0 Å². The van der Waals surface area contributed by atoms with Gasteiger partial charge in [0.2, 0.25) is 11.8 Å². The van der Waals surface area contributed by atoms with Gasteiger partial charge in [0.25, 0.3) is 0 Å². The molecule has 0 aliphatic heterocycles. The van der Waals surface area contributed by atoms with E-state index < -0.39 is 4.92 Å². The second kappa shape index (κ2) is 5.76. The highest BCUT2D eigenvalue weighted by Gasteiger charge is 2.29. The average Bonchev–Trinajstić information content (AvgIpc) is 2.85. The van der Waals surface area contributed by atoms with Crippen molar-refractivity contribution in [2.24, 2.45) is 5.84 Å². The Morgan fingerprint density at radius 2 is 2.37 bits per heavy atom. The van der Waals surface area contributed by atoms with Crippen molar-refractivity contribution < 1.29 is 9.66 Å². The quantitative estimate of drug-likeness (QED) is 0.403. The Labute approximate surface area is 109 Å². The molecule has 1 aromatic heterocycles. The summed E-state index contributed by atoms with van der Waals surface area (Å²) in [5.41, 5.74) is 2.09. The summed E-state index contributed by atoms with van der Waals surface area (Å²) in [6.45, 7) is 0. The first-order valence-electron chi connectivity index (χ1n) is 5.93. The van der Waals surface area contributed by atoms with E-state index in [2.05, 4.69) is 20.7 Å². The molecule has 0 amide bonds. The van der Waals surface area contributed by atoms with Crippen molar-refractivity contribution in [1.82, 2.24) is 9.97 Å². The SMILES string of the molecule is COC1CCCC1Nc1nc(NN)ncc1[N+](=O)[O-]. The number of anilines is 2. The zero-order chi connectivity index (χ0) is 13.8. The molecular formula is C10H16N6O3. The van der Waals surface area contributed by atoms with Gasteiger partial charge in [0.05, 0.1) is 17.1 Å². The van der Waals surface area contributed by atoms with Crippen molar-refractivity contribution in [2.75, 3.05) is 17.9 Å². The number of hydrogen-bond donors (Lipinski definition) is 3. The molecule has 1 aromatic rings. The van der Waals surface area contributed by atoms with E-state index in [9.17, 15) is 10.1 Å². The topological polar surface area (TPSA) is 128 Å². The molecule has 1 saturated carbocycles. The van der Waals surface area contributed by atoms with Gasteiger partial charge in [0.15, 0.2) is 0 Å². The number of methoxy groups -OCH3 is 1. The van der Waals surface area contributed by atoms with Gasteiger partial charge in [-0.2, -0.15) is 4.98 Å². The van der Waals surface area contributed by atoms with Crippen LogP contribution in [-0.4, -0.2) is 34.1 Å². The molecule has 1 aliphatic carbocycles. The lowest BCUT2D eigenvalue weighted by Gasteiger charge is -2.20. The molecule has 1 heterocycles. The number of hydrazine groups is 1. The molecule has 4 N–H and O–H groups in total. The first-order valence-corrected chi connectivity index (χ1v) is 5.93. The van der Waals surface area contributed by atoms with Crippen LogP contribution in [-0.2, 0) is 4.74 Å². The van der Waals surface area contributed by atoms with Crippen molar-refractivity contribution in [3.63, 3.8) is 0 Å². The highest BCUT2D eigenvalue weighted by molar-refractivity contribution is 5.57. The molecule has 104 valence electrons. The van der Waals surface area contributed by atoms with E-state index in [1.165, 1.54) is 0 Å². The zero-order valence-electron chi connectivity index (χ0n) is 10.5. The van der Waals surface area contributed by atoms with E-state index in [-0.39, 0.29) is 29.6 Å². The highest BCUT2D eigenvalue weighted by atomic mass is 16.6. The number of hydrogen-bond acceptors (Lipinski definition) is 8. The first-order chi connectivity index (χ1) is 9.15. The van der Waals surface area contributed by atoms with Crippen molar-refractivity contribution >= 4 is 17.5 Å². The molecular weight excluding hydrogens is 252 g/mol. The van der Waals surface area contributed by atoms with Gasteiger partial charge < -0.3 is 10.1 Å². The largest absolute Gasteiger partial charge is 0.379 e. The van der Waals surface area contributed by atoms with E-state index in [0.29, 0.717) is 0 Å². The summed E-state index contributed by atoms with van der Waals surface area (Å²) in [7, 11) is 1.63. The summed E-state index contributed by atoms with van der Waals surface area (Å²) < 4.78 is 5.34. The van der Waals surface area contributed by atoms with Crippen LogP contribution in [0.15, 0.2) is 6.20 Å². The number of rotatable bonds is 5. The van der Waals surface area contributed by atoms with Crippen LogP contribution in [0.3, 0.4) is 0 Å². The minimum absolute atomic E-state index is 0.00391. The molecule has 9 nitrogen and oxygen atoms in total. The third-order valence-corrected chi connectivity index (χ3v) is 3.17. The maximum Gasteiger partial charge on any atom is 0.329 e. The fourth-order valence-corrected chi connectivity index (χ4v) is 2.23. The van der Waals surface area contributed by atoms with Crippen molar-refractivity contribution in [2.45, 2.75) is 31.4 Å². The molecule has 0 radical (unpaired) electrons. The van der Waals surface area contributed by atoms with E-state index in [4.69, 9.17) is 10.6 Å². The molecule has 2 atom stereocenters. The van der Waals surface area contributed by atoms with E-state index in [1.54, 1.807) is 7.11 Å². The molecule has 1 fully saturated rings.